The van der Waals surface area contributed by atoms with Crippen LogP contribution in [0.15, 0.2) is 0 Å². The minimum atomic E-state index is -0.668. The number of rotatable bonds is 19. The maximum absolute atomic E-state index is 10.4. The molecule has 0 bridgehead atoms. The minimum absolute atomic E-state index is 0.324. The van der Waals surface area contributed by atoms with E-state index >= 15 is 0 Å². The Labute approximate surface area is 150 Å². The number of hydrogen-bond acceptors (Lipinski definition) is 2. The van der Waals surface area contributed by atoms with Crippen LogP contribution in [0, 0.1) is 0 Å². The van der Waals surface area contributed by atoms with E-state index in [4.69, 9.17) is 9.84 Å². The molecule has 0 saturated carbocycles. The van der Waals surface area contributed by atoms with Crippen LogP contribution in [0.5, 0.6) is 0 Å². The Kier molecular flexibility index (Phi) is 18.3. The van der Waals surface area contributed by atoms with Crippen LogP contribution >= 0.6 is 0 Å². The molecule has 0 aromatic heterocycles. The number of carboxylic acids is 1. The molecule has 0 rings (SSSR count). The first kappa shape index (κ1) is 23.4. The largest absolute Gasteiger partial charge is 0.481 e. The molecule has 24 heavy (non-hydrogen) atoms. The number of carbonyl (C=O) groups is 1. The molecule has 0 aliphatic heterocycles. The van der Waals surface area contributed by atoms with Gasteiger partial charge in [0.1, 0.15) is 0 Å². The molecule has 1 unspecified atom stereocenters. The lowest BCUT2D eigenvalue weighted by molar-refractivity contribution is -0.137. The van der Waals surface area contributed by atoms with E-state index in [9.17, 15) is 4.79 Å². The zero-order valence-electron chi connectivity index (χ0n) is 16.4. The van der Waals surface area contributed by atoms with Crippen LogP contribution in [0.4, 0.5) is 0 Å². The Morgan fingerprint density at radius 3 is 1.58 bits per heavy atom. The minimum Gasteiger partial charge on any atom is -0.481 e. The van der Waals surface area contributed by atoms with E-state index in [1.807, 2.05) is 7.11 Å². The van der Waals surface area contributed by atoms with Crippen molar-refractivity contribution in [1.82, 2.24) is 0 Å². The van der Waals surface area contributed by atoms with Crippen molar-refractivity contribution in [2.75, 3.05) is 7.11 Å². The first-order chi connectivity index (χ1) is 11.7. The third-order valence-corrected chi connectivity index (χ3v) is 4.88. The lowest BCUT2D eigenvalue weighted by Crippen LogP contribution is -2.10. The fraction of sp³-hybridized carbons (Fsp3) is 0.952. The summed E-state index contributed by atoms with van der Waals surface area (Å²) in [6.45, 7) is 2.27. The predicted molar refractivity (Wildman–Crippen MR) is 103 cm³/mol. The molecule has 0 aromatic carbocycles. The summed E-state index contributed by atoms with van der Waals surface area (Å²) in [4.78, 5) is 10.4. The number of aliphatic carboxylic acids is 1. The average molecular weight is 343 g/mol. The quantitative estimate of drug-likeness (QED) is 0.264. The van der Waals surface area contributed by atoms with E-state index in [1.54, 1.807) is 0 Å². The predicted octanol–water partition coefficient (Wildman–Crippen LogP) is 6.74. The van der Waals surface area contributed by atoms with Gasteiger partial charge in [-0.2, -0.15) is 0 Å². The van der Waals surface area contributed by atoms with Crippen molar-refractivity contribution in [2.45, 2.75) is 122 Å². The highest BCUT2D eigenvalue weighted by Gasteiger charge is 2.06. The third-order valence-electron chi connectivity index (χ3n) is 4.88. The van der Waals surface area contributed by atoms with Gasteiger partial charge in [0.05, 0.1) is 6.10 Å². The third kappa shape index (κ3) is 17.8. The van der Waals surface area contributed by atoms with Crippen molar-refractivity contribution in [2.24, 2.45) is 0 Å². The van der Waals surface area contributed by atoms with Gasteiger partial charge in [-0.1, -0.05) is 90.4 Å². The highest BCUT2D eigenvalue weighted by atomic mass is 16.5. The van der Waals surface area contributed by atoms with Gasteiger partial charge in [0.15, 0.2) is 0 Å². The molecule has 0 aromatic rings. The van der Waals surface area contributed by atoms with Crippen molar-refractivity contribution in [3.8, 4) is 0 Å². The van der Waals surface area contributed by atoms with Crippen LogP contribution < -0.4 is 0 Å². The van der Waals surface area contributed by atoms with E-state index in [2.05, 4.69) is 6.92 Å². The van der Waals surface area contributed by atoms with Crippen LogP contribution in [0.2, 0.25) is 0 Å². The summed E-state index contributed by atoms with van der Waals surface area (Å²) in [6.07, 6.45) is 20.9. The highest BCUT2D eigenvalue weighted by molar-refractivity contribution is 5.66. The monoisotopic (exact) mass is 342 g/mol. The Hall–Kier alpha value is -0.570. The lowest BCUT2D eigenvalue weighted by Gasteiger charge is -2.15. The van der Waals surface area contributed by atoms with Gasteiger partial charge in [-0.15, -0.1) is 0 Å². The van der Waals surface area contributed by atoms with Gasteiger partial charge in [0.2, 0.25) is 0 Å². The number of methoxy groups -OCH3 is 1. The topological polar surface area (TPSA) is 46.5 Å². The Morgan fingerprint density at radius 2 is 1.17 bits per heavy atom. The average Bonchev–Trinajstić information content (AvgIpc) is 2.57. The van der Waals surface area contributed by atoms with E-state index in [-0.39, 0.29) is 0 Å². The smallest absolute Gasteiger partial charge is 0.303 e. The molecule has 0 fully saturated rings. The first-order valence-corrected chi connectivity index (χ1v) is 10.4. The number of ether oxygens (including phenoxy) is 1. The van der Waals surface area contributed by atoms with E-state index in [0.717, 1.165) is 12.8 Å². The first-order valence-electron chi connectivity index (χ1n) is 10.4. The molecule has 3 nitrogen and oxygen atoms in total. The van der Waals surface area contributed by atoms with Crippen molar-refractivity contribution >= 4 is 5.97 Å². The van der Waals surface area contributed by atoms with E-state index in [0.29, 0.717) is 12.5 Å². The number of unbranched alkanes of at least 4 members (excludes halogenated alkanes) is 12. The molecule has 0 amide bonds. The van der Waals surface area contributed by atoms with Gasteiger partial charge in [0.25, 0.3) is 0 Å². The summed E-state index contributed by atoms with van der Waals surface area (Å²) in [5.41, 5.74) is 0. The fourth-order valence-electron chi connectivity index (χ4n) is 3.24. The van der Waals surface area contributed by atoms with Crippen molar-refractivity contribution < 1.29 is 14.6 Å². The molecule has 144 valence electrons. The van der Waals surface area contributed by atoms with Gasteiger partial charge < -0.3 is 9.84 Å². The molecular formula is C21H42O3. The molecule has 0 saturated heterocycles. The van der Waals surface area contributed by atoms with Crippen LogP contribution in [0.1, 0.15) is 116 Å². The van der Waals surface area contributed by atoms with E-state index in [1.165, 1.54) is 89.9 Å². The second kappa shape index (κ2) is 18.8. The zero-order valence-corrected chi connectivity index (χ0v) is 16.4. The maximum Gasteiger partial charge on any atom is 0.303 e. The summed E-state index contributed by atoms with van der Waals surface area (Å²) >= 11 is 0. The normalized spacial score (nSPS) is 12.4. The molecular weight excluding hydrogens is 300 g/mol. The van der Waals surface area contributed by atoms with Crippen LogP contribution in [-0.2, 0) is 9.53 Å². The van der Waals surface area contributed by atoms with Gasteiger partial charge in [-0.3, -0.25) is 4.79 Å². The maximum atomic E-state index is 10.4. The van der Waals surface area contributed by atoms with Gasteiger partial charge in [0, 0.05) is 13.5 Å². The fourth-order valence-corrected chi connectivity index (χ4v) is 3.24. The molecule has 0 heterocycles. The zero-order chi connectivity index (χ0) is 17.9. The molecule has 0 spiro atoms. The summed E-state index contributed by atoms with van der Waals surface area (Å²) in [7, 11) is 1.85. The van der Waals surface area contributed by atoms with Crippen molar-refractivity contribution in [3.63, 3.8) is 0 Å². The standard InChI is InChI=1S/C21H42O3/c1-3-4-5-6-7-8-11-14-17-20(24-2)18-15-12-9-10-13-16-19-21(22)23/h20H,3-19H2,1-2H3,(H,22,23). The van der Waals surface area contributed by atoms with Gasteiger partial charge in [-0.25, -0.2) is 0 Å². The number of hydrogen-bond donors (Lipinski definition) is 1. The summed E-state index contributed by atoms with van der Waals surface area (Å²) in [5, 5.41) is 8.58. The van der Waals surface area contributed by atoms with Gasteiger partial charge in [-0.05, 0) is 19.3 Å². The Morgan fingerprint density at radius 1 is 0.750 bits per heavy atom. The summed E-state index contributed by atoms with van der Waals surface area (Å²) in [5.74, 6) is -0.668. The lowest BCUT2D eigenvalue weighted by atomic mass is 10.0. The Bertz CT molecular complexity index is 266. The molecule has 0 radical (unpaired) electrons. The van der Waals surface area contributed by atoms with Crippen molar-refractivity contribution in [1.29, 1.82) is 0 Å². The highest BCUT2D eigenvalue weighted by Crippen LogP contribution is 2.16. The van der Waals surface area contributed by atoms with Crippen LogP contribution in [-0.4, -0.2) is 24.3 Å². The SMILES string of the molecule is CCCCCCCCCCC(CCCCCCCCC(=O)O)OC. The number of carboxylic acid groups (broad SMARTS) is 1. The molecule has 0 aliphatic carbocycles. The molecule has 3 heteroatoms. The van der Waals surface area contributed by atoms with Crippen molar-refractivity contribution in [3.05, 3.63) is 0 Å². The molecule has 1 N–H and O–H groups in total. The molecule has 1 atom stereocenters. The second-order valence-electron chi connectivity index (χ2n) is 7.17. The van der Waals surface area contributed by atoms with E-state index < -0.39 is 5.97 Å². The molecule has 0 aliphatic rings. The summed E-state index contributed by atoms with van der Waals surface area (Å²) < 4.78 is 5.62. The van der Waals surface area contributed by atoms with Gasteiger partial charge >= 0.3 is 5.97 Å². The van der Waals surface area contributed by atoms with Crippen LogP contribution in [0.25, 0.3) is 0 Å². The summed E-state index contributed by atoms with van der Waals surface area (Å²) in [6, 6.07) is 0. The second-order valence-corrected chi connectivity index (χ2v) is 7.17. The Balaban J connectivity index is 3.32. The van der Waals surface area contributed by atoms with Crippen LogP contribution in [0.3, 0.4) is 0 Å².